The first-order valence-corrected chi connectivity index (χ1v) is 11.9. The number of benzene rings is 1. The monoisotopic (exact) mass is 486 g/mol. The Balaban J connectivity index is 1.48. The van der Waals surface area contributed by atoms with Gasteiger partial charge in [0.25, 0.3) is 5.69 Å². The average molecular weight is 487 g/mol. The number of amides is 1. The Labute approximate surface area is 200 Å². The second-order valence-corrected chi connectivity index (χ2v) is 9.06. The van der Waals surface area contributed by atoms with Crippen molar-refractivity contribution in [3.63, 3.8) is 0 Å². The highest BCUT2D eigenvalue weighted by Gasteiger charge is 2.24. The van der Waals surface area contributed by atoms with Gasteiger partial charge in [-0.1, -0.05) is 18.7 Å². The molecule has 0 spiro atoms. The Kier molecular flexibility index (Phi) is 7.36. The first-order chi connectivity index (χ1) is 16.4. The minimum absolute atomic E-state index is 0.0762. The topological polar surface area (TPSA) is 129 Å². The van der Waals surface area contributed by atoms with Gasteiger partial charge in [0.2, 0.25) is 11.9 Å². The van der Waals surface area contributed by atoms with Crippen molar-refractivity contribution in [2.24, 2.45) is 5.92 Å². The van der Waals surface area contributed by atoms with Gasteiger partial charge >= 0.3 is 0 Å². The first kappa shape index (κ1) is 23.6. The van der Waals surface area contributed by atoms with E-state index >= 15 is 0 Å². The van der Waals surface area contributed by atoms with Crippen LogP contribution in [0.5, 0.6) is 5.75 Å². The van der Waals surface area contributed by atoms with E-state index in [9.17, 15) is 14.9 Å². The number of ether oxygens (including phenoxy) is 1. The highest BCUT2D eigenvalue weighted by atomic mass is 32.2. The molecular formula is C22H26N6O5S. The van der Waals surface area contributed by atoms with Gasteiger partial charge in [-0.3, -0.25) is 19.5 Å². The van der Waals surface area contributed by atoms with Crippen LogP contribution in [0, 0.1) is 16.0 Å². The van der Waals surface area contributed by atoms with Crippen LogP contribution in [-0.4, -0.2) is 51.5 Å². The Bertz CT molecular complexity index is 1150. The molecule has 1 amide bonds. The number of carbonyl (C=O) groups is 1. The molecule has 180 valence electrons. The molecule has 3 aromatic rings. The number of nitro groups is 1. The van der Waals surface area contributed by atoms with Crippen molar-refractivity contribution in [1.29, 1.82) is 0 Å². The number of piperidine rings is 1. The number of hydrogen-bond donors (Lipinski definition) is 1. The molecule has 0 unspecified atom stereocenters. The number of aromatic nitrogens is 3. The molecule has 1 fully saturated rings. The fourth-order valence-corrected chi connectivity index (χ4v) is 4.64. The van der Waals surface area contributed by atoms with E-state index in [-0.39, 0.29) is 23.1 Å². The Hall–Kier alpha value is -3.54. The van der Waals surface area contributed by atoms with E-state index < -0.39 is 4.92 Å². The average Bonchev–Trinajstić information content (AvgIpc) is 3.48. The molecule has 0 bridgehead atoms. The zero-order chi connectivity index (χ0) is 24.1. The summed E-state index contributed by atoms with van der Waals surface area (Å²) in [5.41, 5.74) is 0.244. The maximum absolute atomic E-state index is 12.6. The summed E-state index contributed by atoms with van der Waals surface area (Å²) in [5.74, 6) is 2.11. The van der Waals surface area contributed by atoms with Gasteiger partial charge in [0.1, 0.15) is 11.5 Å². The molecule has 0 aliphatic carbocycles. The van der Waals surface area contributed by atoms with Crippen molar-refractivity contribution in [3.8, 4) is 5.75 Å². The van der Waals surface area contributed by atoms with Crippen molar-refractivity contribution in [2.45, 2.75) is 31.5 Å². The molecule has 12 heteroatoms. The van der Waals surface area contributed by atoms with Gasteiger partial charge in [-0.15, -0.1) is 10.2 Å². The summed E-state index contributed by atoms with van der Waals surface area (Å²) in [6.45, 7) is 4.50. The second-order valence-electron chi connectivity index (χ2n) is 8.12. The second kappa shape index (κ2) is 10.6. The van der Waals surface area contributed by atoms with E-state index in [1.54, 1.807) is 6.26 Å². The lowest BCUT2D eigenvalue weighted by atomic mass is 10.0. The molecule has 1 N–H and O–H groups in total. The number of methoxy groups -OCH3 is 1. The third kappa shape index (κ3) is 5.50. The number of thioether (sulfide) groups is 1. The molecule has 2 aromatic heterocycles. The summed E-state index contributed by atoms with van der Waals surface area (Å²) in [6.07, 6.45) is 3.91. The number of hydrogen-bond acceptors (Lipinski definition) is 9. The summed E-state index contributed by atoms with van der Waals surface area (Å²) >= 11 is 1.26. The highest BCUT2D eigenvalue weighted by molar-refractivity contribution is 7.99. The number of nitrogens with zero attached hydrogens (tertiary/aromatic N) is 5. The van der Waals surface area contributed by atoms with Gasteiger partial charge in [-0.25, -0.2) is 0 Å². The van der Waals surface area contributed by atoms with Gasteiger partial charge in [-0.2, -0.15) is 0 Å². The Morgan fingerprint density at radius 1 is 1.38 bits per heavy atom. The number of furan rings is 1. The molecule has 3 heterocycles. The molecule has 1 saturated heterocycles. The predicted molar refractivity (Wildman–Crippen MR) is 127 cm³/mol. The van der Waals surface area contributed by atoms with Crippen LogP contribution in [0.2, 0.25) is 0 Å². The summed E-state index contributed by atoms with van der Waals surface area (Å²) in [5, 5.41) is 23.1. The van der Waals surface area contributed by atoms with E-state index in [4.69, 9.17) is 9.15 Å². The van der Waals surface area contributed by atoms with E-state index in [0.717, 1.165) is 31.2 Å². The molecule has 11 nitrogen and oxygen atoms in total. The Morgan fingerprint density at radius 2 is 2.24 bits per heavy atom. The fourth-order valence-electron chi connectivity index (χ4n) is 3.90. The van der Waals surface area contributed by atoms with Gasteiger partial charge in [0, 0.05) is 19.2 Å². The molecule has 0 saturated carbocycles. The minimum Gasteiger partial charge on any atom is -0.494 e. The molecule has 34 heavy (non-hydrogen) atoms. The van der Waals surface area contributed by atoms with E-state index in [2.05, 4.69) is 27.3 Å². The van der Waals surface area contributed by atoms with Gasteiger partial charge in [0.15, 0.2) is 5.16 Å². The van der Waals surface area contributed by atoms with Crippen LogP contribution in [0.25, 0.3) is 0 Å². The van der Waals surface area contributed by atoms with E-state index in [1.807, 2.05) is 16.7 Å². The SMILES string of the molecule is COc1cc([N+](=O)[O-])ccc1NC(=O)CSc1nnc(N2CCC[C@@H](C)C2)n1Cc1ccco1. The standard InChI is InChI=1S/C22H26N6O5S/c1-15-5-3-9-26(12-15)21-24-25-22(27(21)13-17-6-4-10-33-17)34-14-20(29)23-18-8-7-16(28(30)31)11-19(18)32-2/h4,6-8,10-11,15H,3,5,9,12-14H2,1-2H3,(H,23,29)/t15-/m1/s1. The van der Waals surface area contributed by atoms with Crippen molar-refractivity contribution in [1.82, 2.24) is 14.8 Å². The zero-order valence-electron chi connectivity index (χ0n) is 19.0. The summed E-state index contributed by atoms with van der Waals surface area (Å²) in [4.78, 5) is 25.3. The molecule has 4 rings (SSSR count). The molecular weight excluding hydrogens is 460 g/mol. The lowest BCUT2D eigenvalue weighted by molar-refractivity contribution is -0.384. The van der Waals surface area contributed by atoms with Crippen LogP contribution in [0.1, 0.15) is 25.5 Å². The maximum Gasteiger partial charge on any atom is 0.273 e. The third-order valence-corrected chi connectivity index (χ3v) is 6.50. The lowest BCUT2D eigenvalue weighted by Crippen LogP contribution is -2.36. The lowest BCUT2D eigenvalue weighted by Gasteiger charge is -2.31. The molecule has 1 atom stereocenters. The number of carbonyl (C=O) groups excluding carboxylic acids is 1. The number of nitrogens with one attached hydrogen (secondary N) is 1. The van der Waals surface area contributed by atoms with E-state index in [0.29, 0.717) is 23.3 Å². The highest BCUT2D eigenvalue weighted by Crippen LogP contribution is 2.30. The van der Waals surface area contributed by atoms with Gasteiger partial charge in [-0.05, 0) is 37.0 Å². The smallest absolute Gasteiger partial charge is 0.273 e. The minimum atomic E-state index is -0.517. The van der Waals surface area contributed by atoms with Crippen LogP contribution in [-0.2, 0) is 11.3 Å². The number of non-ortho nitro benzene ring substituents is 1. The predicted octanol–water partition coefficient (Wildman–Crippen LogP) is 3.80. The van der Waals surface area contributed by atoms with Crippen LogP contribution in [0.3, 0.4) is 0 Å². The number of anilines is 2. The zero-order valence-corrected chi connectivity index (χ0v) is 19.8. The van der Waals surface area contributed by atoms with Crippen molar-refractivity contribution < 1.29 is 18.9 Å². The Morgan fingerprint density at radius 3 is 2.94 bits per heavy atom. The third-order valence-electron chi connectivity index (χ3n) is 5.53. The van der Waals surface area contributed by atoms with Crippen LogP contribution in [0.15, 0.2) is 46.2 Å². The van der Waals surface area contributed by atoms with Gasteiger partial charge in [0.05, 0.1) is 42.3 Å². The van der Waals surface area contributed by atoms with Gasteiger partial charge < -0.3 is 19.4 Å². The first-order valence-electron chi connectivity index (χ1n) is 10.9. The van der Waals surface area contributed by atoms with Crippen LogP contribution < -0.4 is 15.0 Å². The molecule has 0 radical (unpaired) electrons. The quantitative estimate of drug-likeness (QED) is 0.273. The largest absolute Gasteiger partial charge is 0.494 e. The number of nitro benzene ring substituents is 1. The van der Waals surface area contributed by atoms with Crippen LogP contribution >= 0.6 is 11.8 Å². The molecule has 1 aliphatic heterocycles. The normalized spacial score (nSPS) is 15.8. The summed E-state index contributed by atoms with van der Waals surface area (Å²) in [6, 6.07) is 7.77. The fraction of sp³-hybridized carbons (Fsp3) is 0.409. The van der Waals surface area contributed by atoms with E-state index in [1.165, 1.54) is 43.5 Å². The summed E-state index contributed by atoms with van der Waals surface area (Å²) < 4.78 is 12.7. The van der Waals surface area contributed by atoms with Crippen molar-refractivity contribution in [2.75, 3.05) is 36.2 Å². The number of rotatable bonds is 9. The molecule has 1 aromatic carbocycles. The molecule has 1 aliphatic rings. The van der Waals surface area contributed by atoms with Crippen LogP contribution in [0.4, 0.5) is 17.3 Å². The summed E-state index contributed by atoms with van der Waals surface area (Å²) in [7, 11) is 1.39. The van der Waals surface area contributed by atoms with Crippen molar-refractivity contribution >= 4 is 35.0 Å². The maximum atomic E-state index is 12.6. The van der Waals surface area contributed by atoms with Crippen molar-refractivity contribution in [3.05, 3.63) is 52.5 Å².